The van der Waals surface area contributed by atoms with E-state index in [2.05, 4.69) is 27.1 Å². The van der Waals surface area contributed by atoms with Gasteiger partial charge in [-0.15, -0.1) is 0 Å². The summed E-state index contributed by atoms with van der Waals surface area (Å²) in [5.41, 5.74) is 2.09. The van der Waals surface area contributed by atoms with Gasteiger partial charge in [-0.05, 0) is 37.6 Å². The van der Waals surface area contributed by atoms with Gasteiger partial charge in [0, 0.05) is 50.4 Å². The number of guanidine groups is 1. The maximum atomic E-state index is 5.53. The highest BCUT2D eigenvalue weighted by molar-refractivity contribution is 5.79. The van der Waals surface area contributed by atoms with Gasteiger partial charge in [-0.1, -0.05) is 6.07 Å². The molecule has 8 heteroatoms. The summed E-state index contributed by atoms with van der Waals surface area (Å²) in [5, 5.41) is 3.35. The molecule has 0 bridgehead atoms. The molecule has 0 unspecified atom stereocenters. The van der Waals surface area contributed by atoms with E-state index in [4.69, 9.17) is 14.5 Å². The number of aromatic nitrogens is 3. The molecule has 0 spiro atoms. The fraction of sp³-hybridized carbons (Fsp3) is 0.348. The number of aryl methyl sites for hydroxylation is 1. The predicted octanol–water partition coefficient (Wildman–Crippen LogP) is 3.19. The molecule has 0 aliphatic heterocycles. The van der Waals surface area contributed by atoms with Gasteiger partial charge >= 0.3 is 0 Å². The van der Waals surface area contributed by atoms with Crippen molar-refractivity contribution < 1.29 is 9.47 Å². The van der Waals surface area contributed by atoms with Crippen LogP contribution in [0.1, 0.15) is 23.9 Å². The number of rotatable bonds is 8. The Labute approximate surface area is 183 Å². The highest BCUT2D eigenvalue weighted by Gasteiger charge is 2.11. The lowest BCUT2D eigenvalue weighted by Crippen LogP contribution is -2.38. The van der Waals surface area contributed by atoms with Crippen molar-refractivity contribution in [3.05, 3.63) is 65.9 Å². The molecule has 0 radical (unpaired) electrons. The van der Waals surface area contributed by atoms with Crippen LogP contribution >= 0.6 is 0 Å². The highest BCUT2D eigenvalue weighted by Crippen LogP contribution is 2.25. The highest BCUT2D eigenvalue weighted by atomic mass is 16.5. The standard InChI is InChI=1S/C23H30N6O2/c1-6-24-23(28(3)16-19-8-9-20(30-4)13-21(19)31-5)27-15-18-7-10-22(26-14-18)29-12-11-25-17(29)2/h7-14H,6,15-16H2,1-5H3,(H,24,27). The summed E-state index contributed by atoms with van der Waals surface area (Å²) in [4.78, 5) is 15.7. The Morgan fingerprint density at radius 3 is 2.61 bits per heavy atom. The third kappa shape index (κ3) is 5.53. The number of benzene rings is 1. The Hall–Kier alpha value is -3.55. The van der Waals surface area contributed by atoms with Crippen LogP contribution in [0, 0.1) is 6.92 Å². The Morgan fingerprint density at radius 1 is 1.16 bits per heavy atom. The van der Waals surface area contributed by atoms with E-state index in [1.165, 1.54) is 0 Å². The van der Waals surface area contributed by atoms with E-state index < -0.39 is 0 Å². The van der Waals surface area contributed by atoms with Crippen molar-refractivity contribution in [1.82, 2.24) is 24.8 Å². The second kappa shape index (κ2) is 10.5. The largest absolute Gasteiger partial charge is 0.497 e. The first kappa shape index (κ1) is 22.1. The molecule has 0 fully saturated rings. The zero-order valence-electron chi connectivity index (χ0n) is 18.8. The lowest BCUT2D eigenvalue weighted by molar-refractivity contribution is 0.382. The van der Waals surface area contributed by atoms with Gasteiger partial charge in [0.15, 0.2) is 5.96 Å². The first-order valence-corrected chi connectivity index (χ1v) is 10.2. The summed E-state index contributed by atoms with van der Waals surface area (Å²) in [6.07, 6.45) is 5.53. The molecule has 0 atom stereocenters. The number of nitrogens with zero attached hydrogens (tertiary/aromatic N) is 5. The van der Waals surface area contributed by atoms with Crippen LogP contribution in [0.15, 0.2) is 53.9 Å². The molecular weight excluding hydrogens is 392 g/mol. The van der Waals surface area contributed by atoms with Crippen LogP contribution < -0.4 is 14.8 Å². The van der Waals surface area contributed by atoms with E-state index in [0.717, 1.165) is 46.8 Å². The Bertz CT molecular complexity index is 1010. The van der Waals surface area contributed by atoms with Crippen LogP contribution in [0.5, 0.6) is 11.5 Å². The summed E-state index contributed by atoms with van der Waals surface area (Å²) >= 11 is 0. The van der Waals surface area contributed by atoms with Crippen molar-refractivity contribution >= 4 is 5.96 Å². The number of hydrogen-bond acceptors (Lipinski definition) is 5. The molecule has 0 aliphatic carbocycles. The molecule has 2 aromatic heterocycles. The minimum absolute atomic E-state index is 0.530. The van der Waals surface area contributed by atoms with E-state index in [1.54, 1.807) is 20.4 Å². The molecule has 1 aromatic carbocycles. The van der Waals surface area contributed by atoms with Gasteiger partial charge in [0.05, 0.1) is 20.8 Å². The SMILES string of the molecule is CCNC(=NCc1ccc(-n2ccnc2C)nc1)N(C)Cc1ccc(OC)cc1OC. The number of methoxy groups -OCH3 is 2. The average molecular weight is 423 g/mol. The second-order valence-electron chi connectivity index (χ2n) is 7.07. The molecule has 31 heavy (non-hydrogen) atoms. The molecule has 0 saturated heterocycles. The summed E-state index contributed by atoms with van der Waals surface area (Å²) in [7, 11) is 5.32. The quantitative estimate of drug-likeness (QED) is 0.444. The molecule has 0 aliphatic rings. The Balaban J connectivity index is 1.71. The summed E-state index contributed by atoms with van der Waals surface area (Å²) < 4.78 is 12.8. The second-order valence-corrected chi connectivity index (χ2v) is 7.07. The van der Waals surface area contributed by atoms with Crippen LogP contribution in [0.4, 0.5) is 0 Å². The lowest BCUT2D eigenvalue weighted by Gasteiger charge is -2.23. The zero-order chi connectivity index (χ0) is 22.2. The molecule has 3 aromatic rings. The van der Waals surface area contributed by atoms with Gasteiger partial charge < -0.3 is 19.7 Å². The number of ether oxygens (including phenoxy) is 2. The number of aliphatic imine (C=N–C) groups is 1. The third-order valence-electron chi connectivity index (χ3n) is 4.89. The lowest BCUT2D eigenvalue weighted by atomic mass is 10.2. The Kier molecular flexibility index (Phi) is 7.48. The van der Waals surface area contributed by atoms with Crippen LogP contribution in [0.25, 0.3) is 5.82 Å². The summed E-state index contributed by atoms with van der Waals surface area (Å²) in [5.74, 6) is 4.12. The van der Waals surface area contributed by atoms with Crippen molar-refractivity contribution in [3.8, 4) is 17.3 Å². The monoisotopic (exact) mass is 422 g/mol. The van der Waals surface area contributed by atoms with Gasteiger partial charge in [0.25, 0.3) is 0 Å². The normalized spacial score (nSPS) is 11.3. The maximum Gasteiger partial charge on any atom is 0.194 e. The fourth-order valence-corrected chi connectivity index (χ4v) is 3.22. The fourth-order valence-electron chi connectivity index (χ4n) is 3.22. The van der Waals surface area contributed by atoms with Crippen LogP contribution in [-0.4, -0.2) is 53.2 Å². The van der Waals surface area contributed by atoms with E-state index in [-0.39, 0.29) is 0 Å². The molecule has 1 N–H and O–H groups in total. The smallest absolute Gasteiger partial charge is 0.194 e. The third-order valence-corrected chi connectivity index (χ3v) is 4.89. The molecule has 3 rings (SSSR count). The van der Waals surface area contributed by atoms with Gasteiger partial charge in [0.2, 0.25) is 0 Å². The van der Waals surface area contributed by atoms with Crippen LogP contribution in [-0.2, 0) is 13.1 Å². The van der Waals surface area contributed by atoms with Crippen molar-refractivity contribution in [2.75, 3.05) is 27.8 Å². The van der Waals surface area contributed by atoms with Crippen molar-refractivity contribution in [3.63, 3.8) is 0 Å². The minimum atomic E-state index is 0.530. The minimum Gasteiger partial charge on any atom is -0.497 e. The summed E-state index contributed by atoms with van der Waals surface area (Å²) in [6, 6.07) is 9.87. The average Bonchev–Trinajstić information content (AvgIpc) is 3.23. The molecule has 164 valence electrons. The van der Waals surface area contributed by atoms with E-state index in [0.29, 0.717) is 13.1 Å². The van der Waals surface area contributed by atoms with E-state index in [1.807, 2.05) is 61.3 Å². The number of pyridine rings is 1. The first-order valence-electron chi connectivity index (χ1n) is 10.2. The van der Waals surface area contributed by atoms with Gasteiger partial charge in [-0.3, -0.25) is 4.57 Å². The number of hydrogen-bond donors (Lipinski definition) is 1. The molecule has 8 nitrogen and oxygen atoms in total. The van der Waals surface area contributed by atoms with Crippen LogP contribution in [0.3, 0.4) is 0 Å². The van der Waals surface area contributed by atoms with Gasteiger partial charge in [-0.2, -0.15) is 0 Å². The molecule has 2 heterocycles. The zero-order valence-corrected chi connectivity index (χ0v) is 18.8. The maximum absolute atomic E-state index is 5.53. The van der Waals surface area contributed by atoms with E-state index >= 15 is 0 Å². The van der Waals surface area contributed by atoms with Crippen LogP contribution in [0.2, 0.25) is 0 Å². The predicted molar refractivity (Wildman–Crippen MR) is 122 cm³/mol. The molecule has 0 amide bonds. The Morgan fingerprint density at radius 2 is 2.00 bits per heavy atom. The van der Waals surface area contributed by atoms with Gasteiger partial charge in [0.1, 0.15) is 23.1 Å². The van der Waals surface area contributed by atoms with Crippen molar-refractivity contribution in [2.45, 2.75) is 26.9 Å². The topological polar surface area (TPSA) is 76.8 Å². The first-order chi connectivity index (χ1) is 15.0. The van der Waals surface area contributed by atoms with E-state index in [9.17, 15) is 0 Å². The van der Waals surface area contributed by atoms with Crippen molar-refractivity contribution in [1.29, 1.82) is 0 Å². The summed E-state index contributed by atoms with van der Waals surface area (Å²) in [6.45, 7) is 5.97. The molecular formula is C23H30N6O2. The van der Waals surface area contributed by atoms with Crippen molar-refractivity contribution in [2.24, 2.45) is 4.99 Å². The van der Waals surface area contributed by atoms with Gasteiger partial charge in [-0.25, -0.2) is 15.0 Å². The number of nitrogens with one attached hydrogen (secondary N) is 1. The number of imidazole rings is 1. The molecule has 0 saturated carbocycles.